The van der Waals surface area contributed by atoms with Crippen LogP contribution in [0, 0.1) is 0 Å². The summed E-state index contributed by atoms with van der Waals surface area (Å²) in [6.07, 6.45) is -7.79. The molecular weight excluding hydrogens is 452 g/mol. The fourth-order valence-electron chi connectivity index (χ4n) is 4.09. The lowest BCUT2D eigenvalue weighted by Crippen LogP contribution is -2.60. The van der Waals surface area contributed by atoms with Crippen molar-refractivity contribution in [3.05, 3.63) is 47.0 Å². The van der Waals surface area contributed by atoms with E-state index < -0.39 is 49.4 Å². The first-order valence-electron chi connectivity index (χ1n) is 10.5. The molecule has 6 atom stereocenters. The second-order valence-electron chi connectivity index (χ2n) is 7.98. The summed E-state index contributed by atoms with van der Waals surface area (Å²) < 4.78 is 27.6. The number of hydrogen-bond acceptors (Lipinski definition) is 11. The fraction of sp³-hybridized carbons (Fsp3) is 0.435. The molecule has 2 heterocycles. The summed E-state index contributed by atoms with van der Waals surface area (Å²) in [6.45, 7) is -0.609. The van der Waals surface area contributed by atoms with Crippen molar-refractivity contribution in [3.63, 3.8) is 0 Å². The molecule has 5 N–H and O–H groups in total. The first kappa shape index (κ1) is 24.0. The Bertz CT molecular complexity index is 1030. The number of aromatic hydroxyl groups is 1. The van der Waals surface area contributed by atoms with Crippen LogP contribution in [0.1, 0.15) is 27.6 Å². The van der Waals surface area contributed by atoms with E-state index in [1.165, 1.54) is 20.3 Å². The maximum absolute atomic E-state index is 12.5. The summed E-state index contributed by atoms with van der Waals surface area (Å²) in [5.74, 6) is -0.477. The molecule has 2 aliphatic heterocycles. The Kier molecular flexibility index (Phi) is 6.82. The minimum Gasteiger partial charge on any atom is -0.507 e. The van der Waals surface area contributed by atoms with Gasteiger partial charge in [-0.1, -0.05) is 12.1 Å². The van der Waals surface area contributed by atoms with E-state index in [0.717, 1.165) is 0 Å². The predicted molar refractivity (Wildman–Crippen MR) is 114 cm³/mol. The van der Waals surface area contributed by atoms with Gasteiger partial charge in [0.2, 0.25) is 12.0 Å². The van der Waals surface area contributed by atoms with E-state index in [4.69, 9.17) is 23.7 Å². The highest BCUT2D eigenvalue weighted by molar-refractivity contribution is 5.95. The van der Waals surface area contributed by atoms with Crippen molar-refractivity contribution >= 4 is 5.97 Å². The van der Waals surface area contributed by atoms with Gasteiger partial charge < -0.3 is 49.2 Å². The van der Waals surface area contributed by atoms with E-state index >= 15 is 0 Å². The van der Waals surface area contributed by atoms with E-state index in [1.807, 2.05) is 0 Å². The van der Waals surface area contributed by atoms with Crippen LogP contribution in [0.4, 0.5) is 0 Å². The number of cyclic esters (lactones) is 1. The SMILES string of the molecule is COc1cc(C2Cc3cccc(O)c3C(=O)O2)cc(OC)c1OC1OC(CO)C(O)C(O)C1O. The van der Waals surface area contributed by atoms with E-state index in [2.05, 4.69) is 0 Å². The van der Waals surface area contributed by atoms with Gasteiger partial charge in [-0.25, -0.2) is 4.79 Å². The molecule has 0 aliphatic carbocycles. The smallest absolute Gasteiger partial charge is 0.342 e. The second kappa shape index (κ2) is 9.65. The lowest BCUT2D eigenvalue weighted by molar-refractivity contribution is -0.277. The van der Waals surface area contributed by atoms with Crippen molar-refractivity contribution in [2.45, 2.75) is 43.2 Å². The number of aliphatic hydroxyl groups is 4. The highest BCUT2D eigenvalue weighted by Gasteiger charge is 2.45. The Labute approximate surface area is 194 Å². The third-order valence-electron chi connectivity index (χ3n) is 5.92. The minimum atomic E-state index is -1.63. The third kappa shape index (κ3) is 4.24. The van der Waals surface area contributed by atoms with Crippen LogP contribution < -0.4 is 14.2 Å². The number of esters is 1. The van der Waals surface area contributed by atoms with Gasteiger partial charge in [-0.2, -0.15) is 0 Å². The highest BCUT2D eigenvalue weighted by atomic mass is 16.7. The lowest BCUT2D eigenvalue weighted by Gasteiger charge is -2.39. The van der Waals surface area contributed by atoms with Gasteiger partial charge in [0.25, 0.3) is 0 Å². The quantitative estimate of drug-likeness (QED) is 0.356. The van der Waals surface area contributed by atoms with Crippen LogP contribution in [0.25, 0.3) is 0 Å². The van der Waals surface area contributed by atoms with Gasteiger partial charge in [-0.3, -0.25) is 0 Å². The summed E-state index contributed by atoms with van der Waals surface area (Å²) in [5, 5.41) is 49.7. The number of ether oxygens (including phenoxy) is 5. The molecule has 0 amide bonds. The molecule has 34 heavy (non-hydrogen) atoms. The number of hydrogen-bond donors (Lipinski definition) is 5. The number of rotatable bonds is 6. The molecule has 11 nitrogen and oxygen atoms in total. The molecule has 6 unspecified atom stereocenters. The molecule has 4 rings (SSSR count). The predicted octanol–water partition coefficient (Wildman–Crippen LogP) is 0.0423. The maximum atomic E-state index is 12.5. The number of phenolic OH excluding ortho intramolecular Hbond substituents is 1. The topological polar surface area (TPSA) is 164 Å². The van der Waals surface area contributed by atoms with Crippen LogP contribution in [0.15, 0.2) is 30.3 Å². The van der Waals surface area contributed by atoms with Crippen LogP contribution in [-0.4, -0.2) is 83.0 Å². The molecule has 11 heteroatoms. The molecule has 0 spiro atoms. The van der Waals surface area contributed by atoms with Gasteiger partial charge >= 0.3 is 5.97 Å². The number of aliphatic hydroxyl groups excluding tert-OH is 4. The van der Waals surface area contributed by atoms with Crippen molar-refractivity contribution in [1.29, 1.82) is 0 Å². The maximum Gasteiger partial charge on any atom is 0.342 e. The van der Waals surface area contributed by atoms with Crippen LogP contribution in [-0.2, 0) is 15.9 Å². The van der Waals surface area contributed by atoms with Crippen LogP contribution in [0.3, 0.4) is 0 Å². The number of fused-ring (bicyclic) bond motifs is 1. The molecule has 2 aromatic rings. The van der Waals surface area contributed by atoms with Gasteiger partial charge in [0.1, 0.15) is 41.8 Å². The van der Waals surface area contributed by atoms with Gasteiger partial charge in [0.05, 0.1) is 20.8 Å². The minimum absolute atomic E-state index is 0.0262. The summed E-state index contributed by atoms with van der Waals surface area (Å²) in [7, 11) is 2.75. The average molecular weight is 478 g/mol. The average Bonchev–Trinajstić information content (AvgIpc) is 2.83. The first-order chi connectivity index (χ1) is 16.3. The Morgan fingerprint density at radius 2 is 1.71 bits per heavy atom. The Balaban J connectivity index is 1.65. The van der Waals surface area contributed by atoms with Crippen LogP contribution >= 0.6 is 0 Å². The van der Waals surface area contributed by atoms with E-state index in [9.17, 15) is 30.3 Å². The van der Waals surface area contributed by atoms with Crippen molar-refractivity contribution < 1.29 is 54.0 Å². The molecule has 0 radical (unpaired) electrons. The Morgan fingerprint density at radius 1 is 1.03 bits per heavy atom. The van der Waals surface area contributed by atoms with Crippen LogP contribution in [0.5, 0.6) is 23.0 Å². The molecule has 0 saturated carbocycles. The van der Waals surface area contributed by atoms with E-state index in [0.29, 0.717) is 17.5 Å². The third-order valence-corrected chi connectivity index (χ3v) is 5.92. The zero-order chi connectivity index (χ0) is 24.6. The molecule has 184 valence electrons. The zero-order valence-corrected chi connectivity index (χ0v) is 18.5. The van der Waals surface area contributed by atoms with Gasteiger partial charge in [-0.15, -0.1) is 0 Å². The molecule has 2 aromatic carbocycles. The largest absolute Gasteiger partial charge is 0.507 e. The molecule has 0 aromatic heterocycles. The summed E-state index contributed by atoms with van der Waals surface area (Å²) in [6, 6.07) is 7.91. The van der Waals surface area contributed by atoms with Crippen molar-refractivity contribution in [2.75, 3.05) is 20.8 Å². The number of benzene rings is 2. The normalized spacial score (nSPS) is 28.6. The number of phenols is 1. The Morgan fingerprint density at radius 3 is 2.32 bits per heavy atom. The standard InChI is InChI=1S/C23H26O11/c1-30-14-7-11(13-6-10-4-3-5-12(25)17(10)22(29)32-13)8-15(31-2)21(14)34-23-20(28)19(27)18(26)16(9-24)33-23/h3-5,7-8,13,16,18-20,23-28H,6,9H2,1-2H3. The number of carbonyl (C=O) groups is 1. The number of methoxy groups -OCH3 is 2. The van der Waals surface area contributed by atoms with Gasteiger partial charge in [0, 0.05) is 12.0 Å². The van der Waals surface area contributed by atoms with E-state index in [-0.39, 0.29) is 28.6 Å². The second-order valence-corrected chi connectivity index (χ2v) is 7.98. The van der Waals surface area contributed by atoms with Gasteiger partial charge in [-0.05, 0) is 23.8 Å². The van der Waals surface area contributed by atoms with Gasteiger partial charge in [0.15, 0.2) is 11.5 Å². The summed E-state index contributed by atoms with van der Waals surface area (Å²) in [5.41, 5.74) is 1.28. The molecule has 2 aliphatic rings. The van der Waals surface area contributed by atoms with Crippen molar-refractivity contribution in [3.8, 4) is 23.0 Å². The lowest BCUT2D eigenvalue weighted by atomic mass is 9.93. The molecule has 1 fully saturated rings. The zero-order valence-electron chi connectivity index (χ0n) is 18.5. The molecule has 1 saturated heterocycles. The molecular formula is C23H26O11. The summed E-state index contributed by atoms with van der Waals surface area (Å²) in [4.78, 5) is 12.5. The van der Waals surface area contributed by atoms with Crippen molar-refractivity contribution in [1.82, 2.24) is 0 Å². The first-order valence-corrected chi connectivity index (χ1v) is 10.5. The summed E-state index contributed by atoms with van der Waals surface area (Å²) >= 11 is 0. The van der Waals surface area contributed by atoms with E-state index in [1.54, 1.807) is 24.3 Å². The van der Waals surface area contributed by atoms with Crippen LogP contribution in [0.2, 0.25) is 0 Å². The van der Waals surface area contributed by atoms with Crippen molar-refractivity contribution in [2.24, 2.45) is 0 Å². The monoisotopic (exact) mass is 478 g/mol. The fourth-order valence-corrected chi connectivity index (χ4v) is 4.09. The highest BCUT2D eigenvalue weighted by Crippen LogP contribution is 2.44. The Hall–Kier alpha value is -3.09. The number of carbonyl (C=O) groups excluding carboxylic acids is 1. The molecule has 0 bridgehead atoms.